The number of rotatable bonds is 10. The van der Waals surface area contributed by atoms with Crippen LogP contribution in [-0.2, 0) is 23.3 Å². The zero-order valence-electron chi connectivity index (χ0n) is 30.8. The molecule has 0 radical (unpaired) electrons. The highest BCUT2D eigenvalue weighted by molar-refractivity contribution is 6.05. The van der Waals surface area contributed by atoms with E-state index in [0.717, 1.165) is 44.7 Å². The number of alkyl halides is 3. The Hall–Kier alpha value is -6.25. The molecule has 5 aromatic rings. The van der Waals surface area contributed by atoms with Gasteiger partial charge in [0.2, 0.25) is 11.7 Å². The number of aromatic nitrogens is 7. The van der Waals surface area contributed by atoms with E-state index >= 15 is 13.2 Å². The van der Waals surface area contributed by atoms with Crippen molar-refractivity contribution in [3.63, 3.8) is 0 Å². The molecule has 15 nitrogen and oxygen atoms in total. The lowest BCUT2D eigenvalue weighted by molar-refractivity contribution is -0.182. The largest absolute Gasteiger partial charge is 0.401 e. The molecular formula is C37H33F6N11O4. The minimum atomic E-state index is -4.58. The van der Waals surface area contributed by atoms with Crippen LogP contribution < -0.4 is 15.5 Å². The van der Waals surface area contributed by atoms with Gasteiger partial charge < -0.3 is 9.84 Å². The molecule has 6 heterocycles. The Morgan fingerprint density at radius 3 is 2.34 bits per heavy atom. The molecule has 8 rings (SSSR count). The summed E-state index contributed by atoms with van der Waals surface area (Å²) in [7, 11) is 0. The molecule has 4 aromatic heterocycles. The van der Waals surface area contributed by atoms with Crippen LogP contribution in [0.4, 0.5) is 36.8 Å². The third-order valence-electron chi connectivity index (χ3n) is 10.7. The van der Waals surface area contributed by atoms with E-state index in [2.05, 4.69) is 50.8 Å². The van der Waals surface area contributed by atoms with Crippen LogP contribution in [0.1, 0.15) is 72.4 Å². The molecule has 3 N–H and O–H groups in total. The van der Waals surface area contributed by atoms with Crippen molar-refractivity contribution in [1.29, 1.82) is 0 Å². The number of halogens is 6. The molecule has 2 aliphatic heterocycles. The quantitative estimate of drug-likeness (QED) is 0.155. The normalized spacial score (nSPS) is 17.3. The highest BCUT2D eigenvalue weighted by Gasteiger charge is 2.53. The zero-order valence-corrected chi connectivity index (χ0v) is 30.8. The average Bonchev–Trinajstić information content (AvgIpc) is 3.83. The summed E-state index contributed by atoms with van der Waals surface area (Å²) in [6.45, 7) is 3.41. The number of hydrogen-bond donors (Lipinski definition) is 3. The number of H-pyrrole nitrogens is 1. The van der Waals surface area contributed by atoms with Crippen LogP contribution in [-0.4, -0.2) is 83.8 Å². The van der Waals surface area contributed by atoms with E-state index in [1.54, 1.807) is 6.20 Å². The van der Waals surface area contributed by atoms with E-state index in [4.69, 9.17) is 4.52 Å². The van der Waals surface area contributed by atoms with Gasteiger partial charge >= 0.3 is 12.2 Å². The van der Waals surface area contributed by atoms with Crippen molar-refractivity contribution in [2.75, 3.05) is 24.5 Å². The molecule has 3 aliphatic rings. The minimum Gasteiger partial charge on any atom is -0.350 e. The number of benzene rings is 1. The second kappa shape index (κ2) is 14.3. The van der Waals surface area contributed by atoms with Gasteiger partial charge in [-0.15, -0.1) is 0 Å². The van der Waals surface area contributed by atoms with Gasteiger partial charge in [0.15, 0.2) is 17.3 Å². The van der Waals surface area contributed by atoms with E-state index in [9.17, 15) is 27.6 Å². The van der Waals surface area contributed by atoms with E-state index < -0.39 is 58.4 Å². The fourth-order valence-corrected chi connectivity index (χ4v) is 7.49. The van der Waals surface area contributed by atoms with Crippen LogP contribution in [0.2, 0.25) is 0 Å². The Morgan fingerprint density at radius 2 is 1.69 bits per heavy atom. The van der Waals surface area contributed by atoms with E-state index in [1.165, 1.54) is 36.7 Å². The number of pyridine rings is 1. The van der Waals surface area contributed by atoms with Crippen LogP contribution in [0.25, 0.3) is 22.8 Å². The number of urea groups is 1. The van der Waals surface area contributed by atoms with Gasteiger partial charge in [0.05, 0.1) is 6.54 Å². The maximum absolute atomic E-state index is 15.3. The Bertz CT molecular complexity index is 2400. The Kier molecular flexibility index (Phi) is 9.52. The van der Waals surface area contributed by atoms with E-state index in [1.807, 2.05) is 0 Å². The summed E-state index contributed by atoms with van der Waals surface area (Å²) in [5, 5.41) is 14.3. The molecule has 1 aromatic carbocycles. The summed E-state index contributed by atoms with van der Waals surface area (Å²) in [6, 6.07) is 4.30. The SMILES string of the molecule is CC(C)(c1n[nH]c(CNC(=O)c2cc(-c3ncc(-c4ncc(CN5CC6(CC(c7cc(F)c(N8CCC(=O)NC8=O)c(F)c7)C6)C5)cc4F)cn3)no2)n1)C(F)(F)F. The number of carbonyl (C=O) groups is 3. The van der Waals surface area contributed by atoms with Crippen LogP contribution >= 0.6 is 0 Å². The highest BCUT2D eigenvalue weighted by atomic mass is 19.4. The van der Waals surface area contributed by atoms with Gasteiger partial charge in [0.1, 0.15) is 40.1 Å². The molecule has 302 valence electrons. The van der Waals surface area contributed by atoms with Gasteiger partial charge in [-0.1, -0.05) is 5.16 Å². The predicted octanol–water partition coefficient (Wildman–Crippen LogP) is 5.32. The Balaban J connectivity index is 0.821. The summed E-state index contributed by atoms with van der Waals surface area (Å²) < 4.78 is 90.3. The molecule has 1 aliphatic carbocycles. The average molecular weight is 810 g/mol. The van der Waals surface area contributed by atoms with Crippen molar-refractivity contribution in [2.45, 2.75) is 63.7 Å². The van der Waals surface area contributed by atoms with Crippen molar-refractivity contribution in [3.05, 3.63) is 88.8 Å². The van der Waals surface area contributed by atoms with E-state index in [-0.39, 0.29) is 65.2 Å². The third-order valence-corrected chi connectivity index (χ3v) is 10.7. The molecule has 58 heavy (non-hydrogen) atoms. The standard InChI is InChI=1S/C37H33F6N11O4/c1-35(2,37(41,42)43)33-48-27(50-51-33)14-47-32(56)26-8-25(52-58-26)31-45-12-21(13-46-31)29-22(38)5-18(11-44-29)15-53-16-36(17-53)9-20(10-36)19-6-23(39)30(24(40)7-19)54-4-3-28(55)49-34(54)57/h5-8,11-13,20H,3-4,9-10,14-17H2,1-2H3,(H,47,56)(H,48,50,51)(H,49,55,57). The van der Waals surface area contributed by atoms with Crippen LogP contribution in [0.15, 0.2) is 47.4 Å². The number of amides is 4. The first kappa shape index (κ1) is 38.6. The van der Waals surface area contributed by atoms with Crippen molar-refractivity contribution < 1.29 is 45.2 Å². The number of carbonyl (C=O) groups excluding carboxylic acids is 3. The van der Waals surface area contributed by atoms with Gasteiger partial charge in [-0.2, -0.15) is 18.3 Å². The first-order chi connectivity index (χ1) is 27.5. The fraction of sp³-hybridized carbons (Fsp3) is 0.378. The number of imide groups is 1. The maximum Gasteiger partial charge on any atom is 0.401 e. The zero-order chi connectivity index (χ0) is 41.1. The molecule has 0 unspecified atom stereocenters. The number of nitrogens with one attached hydrogen (secondary N) is 3. The van der Waals surface area contributed by atoms with Crippen LogP contribution in [0, 0.1) is 22.9 Å². The van der Waals surface area contributed by atoms with Gasteiger partial charge in [0, 0.05) is 62.8 Å². The number of nitrogens with zero attached hydrogens (tertiary/aromatic N) is 8. The number of hydrogen-bond acceptors (Lipinski definition) is 11. The number of likely N-dealkylation sites (tertiary alicyclic amines) is 1. The monoisotopic (exact) mass is 809 g/mol. The smallest absolute Gasteiger partial charge is 0.350 e. The molecular weight excluding hydrogens is 776 g/mol. The van der Waals surface area contributed by atoms with Gasteiger partial charge in [-0.3, -0.25) is 34.8 Å². The van der Waals surface area contributed by atoms with E-state index in [0.29, 0.717) is 17.7 Å². The van der Waals surface area contributed by atoms with Crippen LogP contribution in [0.5, 0.6) is 0 Å². The molecule has 1 spiro atoms. The summed E-state index contributed by atoms with van der Waals surface area (Å²) >= 11 is 0. The molecule has 3 fully saturated rings. The third kappa shape index (κ3) is 7.24. The Labute approximate surface area is 324 Å². The summed E-state index contributed by atoms with van der Waals surface area (Å²) in [5.74, 6) is -4.22. The van der Waals surface area contributed by atoms with Crippen molar-refractivity contribution in [3.8, 4) is 22.8 Å². The molecule has 4 amide bonds. The topological polar surface area (TPSA) is 188 Å². The van der Waals surface area contributed by atoms with Gasteiger partial charge in [-0.05, 0) is 67.3 Å². The lowest BCUT2D eigenvalue weighted by Gasteiger charge is -2.59. The van der Waals surface area contributed by atoms with Crippen molar-refractivity contribution >= 4 is 23.5 Å². The van der Waals surface area contributed by atoms with Crippen molar-refractivity contribution in [2.24, 2.45) is 5.41 Å². The summed E-state index contributed by atoms with van der Waals surface area (Å²) in [4.78, 5) is 55.8. The van der Waals surface area contributed by atoms with Gasteiger partial charge in [-0.25, -0.2) is 32.9 Å². The number of aromatic amines is 1. The molecule has 0 atom stereocenters. The maximum atomic E-state index is 15.3. The minimum absolute atomic E-state index is 0.00183. The Morgan fingerprint density at radius 1 is 0.983 bits per heavy atom. The predicted molar refractivity (Wildman–Crippen MR) is 189 cm³/mol. The molecule has 2 saturated heterocycles. The molecule has 1 saturated carbocycles. The second-order valence-electron chi connectivity index (χ2n) is 15.3. The van der Waals surface area contributed by atoms with Gasteiger partial charge in [0.25, 0.3) is 5.91 Å². The first-order valence-electron chi connectivity index (χ1n) is 18.0. The summed E-state index contributed by atoms with van der Waals surface area (Å²) in [5.41, 5.74) is -1.22. The second-order valence-corrected chi connectivity index (χ2v) is 15.3. The van der Waals surface area contributed by atoms with Crippen LogP contribution in [0.3, 0.4) is 0 Å². The lowest BCUT2D eigenvalue weighted by atomic mass is 9.56. The molecule has 21 heteroatoms. The lowest BCUT2D eigenvalue weighted by Crippen LogP contribution is -2.61. The van der Waals surface area contributed by atoms with Crippen molar-refractivity contribution in [1.82, 2.24) is 50.8 Å². The fourth-order valence-electron chi connectivity index (χ4n) is 7.49. The number of anilines is 1. The first-order valence-corrected chi connectivity index (χ1v) is 18.0. The molecule has 0 bridgehead atoms. The highest BCUT2D eigenvalue weighted by Crippen LogP contribution is 2.56. The summed E-state index contributed by atoms with van der Waals surface area (Å²) in [6.07, 6.45) is 1.07.